The minimum Gasteiger partial charge on any atom is -0.396 e. The van der Waals surface area contributed by atoms with E-state index in [1.54, 1.807) is 12.1 Å². The van der Waals surface area contributed by atoms with Crippen molar-refractivity contribution in [2.24, 2.45) is 0 Å². The highest BCUT2D eigenvalue weighted by Crippen LogP contribution is 2.03. The molecule has 4 heteroatoms. The number of aliphatic hydroxyl groups excluding tert-OH is 1. The van der Waals surface area contributed by atoms with E-state index in [1.165, 1.54) is 12.1 Å². The summed E-state index contributed by atoms with van der Waals surface area (Å²) in [6, 6.07) is 5.93. The number of carbonyl (C=O) groups is 1. The van der Waals surface area contributed by atoms with Crippen molar-refractivity contribution in [3.63, 3.8) is 0 Å². The summed E-state index contributed by atoms with van der Waals surface area (Å²) in [6.45, 7) is 0.823. The van der Waals surface area contributed by atoms with Gasteiger partial charge in [0.15, 0.2) is 0 Å². The van der Waals surface area contributed by atoms with Gasteiger partial charge in [-0.3, -0.25) is 4.79 Å². The summed E-state index contributed by atoms with van der Waals surface area (Å²) in [5.41, 5.74) is 0.805. The molecule has 2 N–H and O–H groups in total. The molecule has 0 radical (unpaired) electrons. The molecular formula is C13H18FNO2. The molecule has 0 heterocycles. The molecule has 0 aliphatic rings. The van der Waals surface area contributed by atoms with Crippen LogP contribution in [0.3, 0.4) is 0 Å². The van der Waals surface area contributed by atoms with E-state index < -0.39 is 0 Å². The maximum absolute atomic E-state index is 12.6. The maximum atomic E-state index is 12.6. The Hall–Kier alpha value is -1.42. The van der Waals surface area contributed by atoms with Gasteiger partial charge in [-0.25, -0.2) is 4.39 Å². The Balaban J connectivity index is 2.18. The SMILES string of the molecule is O=C(Cc1ccc(F)cc1)NCCCCCO. The largest absolute Gasteiger partial charge is 0.396 e. The van der Waals surface area contributed by atoms with Crippen LogP contribution in [0.25, 0.3) is 0 Å². The van der Waals surface area contributed by atoms with Crippen LogP contribution in [0.5, 0.6) is 0 Å². The van der Waals surface area contributed by atoms with E-state index in [1.807, 2.05) is 0 Å². The zero-order valence-corrected chi connectivity index (χ0v) is 9.79. The van der Waals surface area contributed by atoms with Crippen LogP contribution in [0.4, 0.5) is 4.39 Å². The van der Waals surface area contributed by atoms with Gasteiger partial charge in [0.1, 0.15) is 5.82 Å². The summed E-state index contributed by atoms with van der Waals surface area (Å²) in [6.07, 6.45) is 2.83. The zero-order chi connectivity index (χ0) is 12.5. The lowest BCUT2D eigenvalue weighted by Crippen LogP contribution is -2.26. The predicted octanol–water partition coefficient (Wildman–Crippen LogP) is 1.65. The lowest BCUT2D eigenvalue weighted by molar-refractivity contribution is -0.120. The molecule has 0 unspecified atom stereocenters. The summed E-state index contributed by atoms with van der Waals surface area (Å²) in [5.74, 6) is -0.348. The maximum Gasteiger partial charge on any atom is 0.224 e. The van der Waals surface area contributed by atoms with E-state index in [4.69, 9.17) is 5.11 Å². The quantitative estimate of drug-likeness (QED) is 0.711. The second-order valence-corrected chi connectivity index (χ2v) is 3.94. The number of hydrogen-bond acceptors (Lipinski definition) is 2. The van der Waals surface area contributed by atoms with Gasteiger partial charge < -0.3 is 10.4 Å². The second-order valence-electron chi connectivity index (χ2n) is 3.94. The van der Waals surface area contributed by atoms with Gasteiger partial charge in [-0.2, -0.15) is 0 Å². The molecule has 1 amide bonds. The van der Waals surface area contributed by atoms with Crippen molar-refractivity contribution < 1.29 is 14.3 Å². The Morgan fingerprint density at radius 2 is 1.88 bits per heavy atom. The lowest BCUT2D eigenvalue weighted by Gasteiger charge is -2.04. The van der Waals surface area contributed by atoms with Crippen LogP contribution in [-0.4, -0.2) is 24.2 Å². The molecule has 3 nitrogen and oxygen atoms in total. The van der Waals surface area contributed by atoms with Crippen LogP contribution >= 0.6 is 0 Å². The van der Waals surface area contributed by atoms with Gasteiger partial charge in [0.25, 0.3) is 0 Å². The smallest absolute Gasteiger partial charge is 0.224 e. The van der Waals surface area contributed by atoms with Crippen molar-refractivity contribution in [1.29, 1.82) is 0 Å². The van der Waals surface area contributed by atoms with Crippen LogP contribution in [0, 0.1) is 5.82 Å². The van der Waals surface area contributed by atoms with Crippen LogP contribution in [-0.2, 0) is 11.2 Å². The number of aliphatic hydroxyl groups is 1. The summed E-state index contributed by atoms with van der Waals surface area (Å²) in [4.78, 5) is 11.5. The Bertz CT molecular complexity index is 338. The van der Waals surface area contributed by atoms with Crippen LogP contribution in [0.2, 0.25) is 0 Å². The number of nitrogens with one attached hydrogen (secondary N) is 1. The molecular weight excluding hydrogens is 221 g/mol. The third kappa shape index (κ3) is 6.02. The Labute approximate surface area is 101 Å². The average Bonchev–Trinajstić information content (AvgIpc) is 2.32. The Kier molecular flexibility index (Phi) is 6.25. The highest BCUT2D eigenvalue weighted by molar-refractivity contribution is 5.78. The second kappa shape index (κ2) is 7.79. The first-order valence-electron chi connectivity index (χ1n) is 5.84. The molecule has 0 fully saturated rings. The van der Waals surface area contributed by atoms with E-state index in [9.17, 15) is 9.18 Å². The highest BCUT2D eigenvalue weighted by atomic mass is 19.1. The molecule has 1 aromatic carbocycles. The molecule has 0 bridgehead atoms. The molecule has 0 aliphatic heterocycles. The van der Waals surface area contributed by atoms with E-state index in [0.29, 0.717) is 6.54 Å². The molecule has 1 aromatic rings. The van der Waals surface area contributed by atoms with Crippen molar-refractivity contribution >= 4 is 5.91 Å². The van der Waals surface area contributed by atoms with Crippen molar-refractivity contribution in [3.05, 3.63) is 35.6 Å². The first kappa shape index (κ1) is 13.6. The fourth-order valence-corrected chi connectivity index (χ4v) is 1.49. The summed E-state index contributed by atoms with van der Waals surface area (Å²) >= 11 is 0. The molecule has 17 heavy (non-hydrogen) atoms. The molecule has 0 aromatic heterocycles. The number of halogens is 1. The third-order valence-corrected chi connectivity index (χ3v) is 2.43. The summed E-state index contributed by atoms with van der Waals surface area (Å²) in [5, 5.41) is 11.4. The third-order valence-electron chi connectivity index (χ3n) is 2.43. The number of rotatable bonds is 7. The Morgan fingerprint density at radius 3 is 2.53 bits per heavy atom. The summed E-state index contributed by atoms with van der Waals surface area (Å²) < 4.78 is 12.6. The van der Waals surface area contributed by atoms with Gasteiger partial charge in [0.2, 0.25) is 5.91 Å². The predicted molar refractivity (Wildman–Crippen MR) is 64.1 cm³/mol. The number of hydrogen-bond donors (Lipinski definition) is 2. The fraction of sp³-hybridized carbons (Fsp3) is 0.462. The zero-order valence-electron chi connectivity index (χ0n) is 9.79. The van der Waals surface area contributed by atoms with Crippen molar-refractivity contribution in [3.8, 4) is 0 Å². The standard InChI is InChI=1S/C13H18FNO2/c14-12-6-4-11(5-7-12)10-13(17)15-8-2-1-3-9-16/h4-7,16H,1-3,8-10H2,(H,15,17). The van der Waals surface area contributed by atoms with Gasteiger partial charge in [0, 0.05) is 13.2 Å². The van der Waals surface area contributed by atoms with E-state index in [2.05, 4.69) is 5.32 Å². The molecule has 0 spiro atoms. The summed E-state index contributed by atoms with van der Waals surface area (Å²) in [7, 11) is 0. The molecule has 0 aliphatic carbocycles. The van der Waals surface area contributed by atoms with E-state index >= 15 is 0 Å². The van der Waals surface area contributed by atoms with Crippen molar-refractivity contribution in [2.45, 2.75) is 25.7 Å². The molecule has 94 valence electrons. The van der Waals surface area contributed by atoms with Gasteiger partial charge in [-0.15, -0.1) is 0 Å². The van der Waals surface area contributed by atoms with Crippen molar-refractivity contribution in [1.82, 2.24) is 5.32 Å². The van der Waals surface area contributed by atoms with E-state index in [-0.39, 0.29) is 24.8 Å². The molecule has 0 atom stereocenters. The van der Waals surface area contributed by atoms with Gasteiger partial charge >= 0.3 is 0 Å². The normalized spacial score (nSPS) is 10.2. The number of carbonyl (C=O) groups excluding carboxylic acids is 1. The molecule has 0 saturated carbocycles. The highest BCUT2D eigenvalue weighted by Gasteiger charge is 2.02. The minimum absolute atomic E-state index is 0.0550. The van der Waals surface area contributed by atoms with Crippen molar-refractivity contribution in [2.75, 3.05) is 13.2 Å². The fourth-order valence-electron chi connectivity index (χ4n) is 1.49. The van der Waals surface area contributed by atoms with Crippen LogP contribution in [0.15, 0.2) is 24.3 Å². The number of unbranched alkanes of at least 4 members (excludes halogenated alkanes) is 2. The topological polar surface area (TPSA) is 49.3 Å². The molecule has 1 rings (SSSR count). The van der Waals surface area contributed by atoms with E-state index in [0.717, 1.165) is 24.8 Å². The lowest BCUT2D eigenvalue weighted by atomic mass is 10.1. The van der Waals surface area contributed by atoms with Gasteiger partial charge in [0.05, 0.1) is 6.42 Å². The monoisotopic (exact) mass is 239 g/mol. The van der Waals surface area contributed by atoms with Crippen LogP contribution in [0.1, 0.15) is 24.8 Å². The number of amides is 1. The molecule has 0 saturated heterocycles. The minimum atomic E-state index is -0.293. The van der Waals surface area contributed by atoms with Gasteiger partial charge in [-0.05, 0) is 37.0 Å². The average molecular weight is 239 g/mol. The number of benzene rings is 1. The first-order chi connectivity index (χ1) is 8.22. The van der Waals surface area contributed by atoms with Crippen LogP contribution < -0.4 is 5.32 Å². The Morgan fingerprint density at radius 1 is 1.18 bits per heavy atom. The first-order valence-corrected chi connectivity index (χ1v) is 5.84. The van der Waals surface area contributed by atoms with Gasteiger partial charge in [-0.1, -0.05) is 12.1 Å².